The molecular formula is C30H26FNO6S. The van der Waals surface area contributed by atoms with Gasteiger partial charge in [0.25, 0.3) is 10.1 Å². The van der Waals surface area contributed by atoms with Crippen molar-refractivity contribution in [3.05, 3.63) is 114 Å². The summed E-state index contributed by atoms with van der Waals surface area (Å²) in [5, 5.41) is 21.7. The van der Waals surface area contributed by atoms with Crippen LogP contribution in [0, 0.1) is 11.7 Å². The van der Waals surface area contributed by atoms with E-state index in [-0.39, 0.29) is 28.5 Å². The van der Waals surface area contributed by atoms with E-state index in [9.17, 15) is 32.4 Å². The molecule has 0 bridgehead atoms. The number of phenolic OH excluding ortho intramolecular Hbond substituents is 1. The van der Waals surface area contributed by atoms with Crippen molar-refractivity contribution in [2.24, 2.45) is 5.92 Å². The van der Waals surface area contributed by atoms with Gasteiger partial charge in [0.1, 0.15) is 16.5 Å². The highest BCUT2D eigenvalue weighted by atomic mass is 32.2. The number of benzene rings is 4. The Balaban J connectivity index is 1.47. The van der Waals surface area contributed by atoms with Gasteiger partial charge in [0, 0.05) is 16.8 Å². The zero-order chi connectivity index (χ0) is 27.7. The van der Waals surface area contributed by atoms with E-state index in [0.717, 1.165) is 0 Å². The van der Waals surface area contributed by atoms with Crippen LogP contribution in [0.4, 0.5) is 10.1 Å². The first-order valence-electron chi connectivity index (χ1n) is 12.4. The molecule has 0 spiro atoms. The van der Waals surface area contributed by atoms with Crippen LogP contribution in [-0.4, -0.2) is 29.1 Å². The number of carbonyl (C=O) groups excluding carboxylic acids is 1. The topological polar surface area (TPSA) is 115 Å². The predicted molar refractivity (Wildman–Crippen MR) is 144 cm³/mol. The molecule has 1 heterocycles. The van der Waals surface area contributed by atoms with Crippen LogP contribution in [0.5, 0.6) is 5.75 Å². The molecule has 1 fully saturated rings. The van der Waals surface area contributed by atoms with Crippen molar-refractivity contribution < 1.29 is 32.4 Å². The number of carbonyl (C=O) groups is 1. The van der Waals surface area contributed by atoms with Crippen LogP contribution in [0.3, 0.4) is 0 Å². The van der Waals surface area contributed by atoms with E-state index in [1.807, 2.05) is 6.07 Å². The molecule has 0 radical (unpaired) electrons. The smallest absolute Gasteiger partial charge is 0.295 e. The van der Waals surface area contributed by atoms with Crippen molar-refractivity contribution in [3.63, 3.8) is 0 Å². The third kappa shape index (κ3) is 5.29. The fourth-order valence-electron chi connectivity index (χ4n) is 5.14. The molecule has 3 N–H and O–H groups in total. The molecule has 3 atom stereocenters. The number of aromatic hydroxyl groups is 1. The summed E-state index contributed by atoms with van der Waals surface area (Å²) >= 11 is 0. The van der Waals surface area contributed by atoms with Crippen molar-refractivity contribution in [2.45, 2.75) is 29.9 Å². The molecule has 1 amide bonds. The minimum atomic E-state index is -4.50. The van der Waals surface area contributed by atoms with Gasteiger partial charge in [0.15, 0.2) is 0 Å². The summed E-state index contributed by atoms with van der Waals surface area (Å²) in [6, 6.07) is 24.7. The molecule has 0 unspecified atom stereocenters. The Kier molecular flexibility index (Phi) is 7.22. The second kappa shape index (κ2) is 10.6. The predicted octanol–water partition coefficient (Wildman–Crippen LogP) is 5.66. The highest BCUT2D eigenvalue weighted by Gasteiger charge is 2.49. The Morgan fingerprint density at radius 2 is 1.56 bits per heavy atom. The van der Waals surface area contributed by atoms with Crippen molar-refractivity contribution >= 4 is 21.7 Å². The third-order valence-electron chi connectivity index (χ3n) is 7.08. The first kappa shape index (κ1) is 26.6. The molecule has 4 aromatic rings. The monoisotopic (exact) mass is 547 g/mol. The molecule has 5 rings (SSSR count). The Bertz CT molecular complexity index is 1610. The second-order valence-electron chi connectivity index (χ2n) is 9.48. The van der Waals surface area contributed by atoms with E-state index >= 15 is 0 Å². The van der Waals surface area contributed by atoms with Crippen LogP contribution in [0.25, 0.3) is 11.1 Å². The van der Waals surface area contributed by atoms with Crippen molar-refractivity contribution in [3.8, 4) is 16.9 Å². The number of rotatable bonds is 8. The van der Waals surface area contributed by atoms with Gasteiger partial charge in [-0.3, -0.25) is 9.35 Å². The van der Waals surface area contributed by atoms with Gasteiger partial charge in [-0.1, -0.05) is 60.7 Å². The number of amides is 1. The van der Waals surface area contributed by atoms with Crippen LogP contribution < -0.4 is 4.90 Å². The molecular weight excluding hydrogens is 521 g/mol. The normalized spacial score (nSPS) is 18.0. The standard InChI is InChI=1S/C30H26FNO6S/c31-21-13-10-19(11-14-21)26(33)17-16-25-29(32(30(25)35)22-6-2-1-3-7-22)24-15-12-20(18-27(24)34)23-8-4-5-9-28(23)39(36,37)38/h1-15,18,25-26,29,33-34H,16-17H2,(H,36,37,38)/t25-,26+,29-/m1/s1. The van der Waals surface area contributed by atoms with Gasteiger partial charge in [0.2, 0.25) is 5.91 Å². The summed E-state index contributed by atoms with van der Waals surface area (Å²) in [5.41, 5.74) is 2.27. The number of β-lactam (4-membered cyclic amide) rings is 1. The number of nitrogens with zero attached hydrogens (tertiary/aromatic N) is 1. The van der Waals surface area contributed by atoms with Crippen molar-refractivity contribution in [1.82, 2.24) is 0 Å². The third-order valence-corrected chi connectivity index (χ3v) is 7.99. The number of hydrogen-bond donors (Lipinski definition) is 3. The molecule has 4 aromatic carbocycles. The van der Waals surface area contributed by atoms with Gasteiger partial charge in [-0.15, -0.1) is 0 Å². The lowest BCUT2D eigenvalue weighted by Crippen LogP contribution is -2.55. The van der Waals surface area contributed by atoms with Gasteiger partial charge in [-0.2, -0.15) is 8.42 Å². The van der Waals surface area contributed by atoms with Crippen LogP contribution in [0.1, 0.15) is 36.1 Å². The minimum absolute atomic E-state index is 0.139. The number of anilines is 1. The molecule has 1 aliphatic rings. The van der Waals surface area contributed by atoms with Crippen LogP contribution >= 0.6 is 0 Å². The Labute approximate surface area is 225 Å². The number of aliphatic hydroxyl groups is 1. The number of halogens is 1. The summed E-state index contributed by atoms with van der Waals surface area (Å²) in [6.45, 7) is 0. The lowest BCUT2D eigenvalue weighted by atomic mass is 9.77. The summed E-state index contributed by atoms with van der Waals surface area (Å²) in [5.74, 6) is -1.24. The number of para-hydroxylation sites is 1. The lowest BCUT2D eigenvalue weighted by molar-refractivity contribution is -0.131. The van der Waals surface area contributed by atoms with E-state index in [1.54, 1.807) is 47.4 Å². The SMILES string of the molecule is O=C1[C@H](CC[C@H](O)c2ccc(F)cc2)[C@@H](c2ccc(-c3ccccc3S(=O)(=O)O)cc2O)N1c1ccccc1. The molecule has 1 saturated heterocycles. The van der Waals surface area contributed by atoms with Crippen LogP contribution in [0.2, 0.25) is 0 Å². The average molecular weight is 548 g/mol. The first-order chi connectivity index (χ1) is 18.6. The zero-order valence-electron chi connectivity index (χ0n) is 20.7. The van der Waals surface area contributed by atoms with Crippen molar-refractivity contribution in [1.29, 1.82) is 0 Å². The van der Waals surface area contributed by atoms with Gasteiger partial charge in [0.05, 0.1) is 18.1 Å². The summed E-state index contributed by atoms with van der Waals surface area (Å²) in [7, 11) is -4.50. The van der Waals surface area contributed by atoms with Gasteiger partial charge in [-0.05, 0) is 60.4 Å². The van der Waals surface area contributed by atoms with Gasteiger partial charge < -0.3 is 15.1 Å². The van der Waals surface area contributed by atoms with Crippen LogP contribution in [-0.2, 0) is 14.9 Å². The van der Waals surface area contributed by atoms with E-state index in [0.29, 0.717) is 28.8 Å². The molecule has 0 saturated carbocycles. The van der Waals surface area contributed by atoms with Gasteiger partial charge in [-0.25, -0.2) is 4.39 Å². The number of aliphatic hydroxyl groups excluding tert-OH is 1. The van der Waals surface area contributed by atoms with E-state index in [2.05, 4.69) is 0 Å². The highest BCUT2D eigenvalue weighted by molar-refractivity contribution is 7.86. The largest absolute Gasteiger partial charge is 0.508 e. The molecule has 0 aliphatic carbocycles. The Morgan fingerprint density at radius 3 is 2.23 bits per heavy atom. The summed E-state index contributed by atoms with van der Waals surface area (Å²) < 4.78 is 46.7. The molecule has 1 aliphatic heterocycles. The first-order valence-corrected chi connectivity index (χ1v) is 13.8. The fraction of sp³-hybridized carbons (Fsp3) is 0.167. The zero-order valence-corrected chi connectivity index (χ0v) is 21.5. The number of hydrogen-bond acceptors (Lipinski definition) is 5. The molecule has 39 heavy (non-hydrogen) atoms. The van der Waals surface area contributed by atoms with E-state index < -0.39 is 34.0 Å². The molecule has 0 aromatic heterocycles. The quantitative estimate of drug-likeness (QED) is 0.194. The highest BCUT2D eigenvalue weighted by Crippen LogP contribution is 2.49. The molecule has 7 nitrogen and oxygen atoms in total. The Hall–Kier alpha value is -4.05. The molecule has 9 heteroatoms. The summed E-state index contributed by atoms with van der Waals surface area (Å²) in [6.07, 6.45) is -0.322. The van der Waals surface area contributed by atoms with E-state index in [1.165, 1.54) is 48.5 Å². The van der Waals surface area contributed by atoms with E-state index in [4.69, 9.17) is 0 Å². The van der Waals surface area contributed by atoms with Crippen LogP contribution in [0.15, 0.2) is 102 Å². The Morgan fingerprint density at radius 1 is 0.897 bits per heavy atom. The molecule has 200 valence electrons. The maximum absolute atomic E-state index is 13.3. The maximum atomic E-state index is 13.3. The fourth-order valence-corrected chi connectivity index (χ4v) is 5.86. The van der Waals surface area contributed by atoms with Crippen molar-refractivity contribution in [2.75, 3.05) is 4.90 Å². The lowest BCUT2D eigenvalue weighted by Gasteiger charge is -2.48. The average Bonchev–Trinajstić information content (AvgIpc) is 2.92. The second-order valence-corrected chi connectivity index (χ2v) is 10.9. The van der Waals surface area contributed by atoms with Gasteiger partial charge >= 0.3 is 0 Å². The number of phenols is 1. The minimum Gasteiger partial charge on any atom is -0.508 e. The summed E-state index contributed by atoms with van der Waals surface area (Å²) in [4.78, 5) is 14.6. The maximum Gasteiger partial charge on any atom is 0.295 e.